The minimum atomic E-state index is 0.0735. The summed E-state index contributed by atoms with van der Waals surface area (Å²) in [4.78, 5) is 15.5. The lowest BCUT2D eigenvalue weighted by Gasteiger charge is -2.31. The van der Waals surface area contributed by atoms with Crippen LogP contribution in [0.5, 0.6) is 0 Å². The van der Waals surface area contributed by atoms with E-state index in [1.807, 2.05) is 6.07 Å². The van der Waals surface area contributed by atoms with Crippen LogP contribution in [0.15, 0.2) is 0 Å². The van der Waals surface area contributed by atoms with Gasteiger partial charge >= 0.3 is 0 Å². The molecule has 0 aromatic carbocycles. The molecule has 1 amide bonds. The number of amides is 1. The number of likely N-dealkylation sites (tertiary alicyclic amines) is 1. The summed E-state index contributed by atoms with van der Waals surface area (Å²) in [5, 5.41) is 8.44. The van der Waals surface area contributed by atoms with E-state index in [1.54, 1.807) is 11.9 Å². The molecule has 16 heavy (non-hydrogen) atoms. The lowest BCUT2D eigenvalue weighted by atomic mass is 10.1. The summed E-state index contributed by atoms with van der Waals surface area (Å²) in [5.74, 6) is 0.0735. The number of likely N-dealkylation sites (N-methyl/N-ethyl adjacent to an activating group) is 1. The maximum atomic E-state index is 11.8. The third-order valence-electron chi connectivity index (χ3n) is 2.89. The summed E-state index contributed by atoms with van der Waals surface area (Å²) in [5.41, 5.74) is 5.85. The van der Waals surface area contributed by atoms with Crippen molar-refractivity contribution >= 4 is 5.91 Å². The van der Waals surface area contributed by atoms with Gasteiger partial charge in [-0.1, -0.05) is 0 Å². The Balaban J connectivity index is 2.30. The van der Waals surface area contributed by atoms with Gasteiger partial charge in [-0.3, -0.25) is 9.69 Å². The third-order valence-corrected chi connectivity index (χ3v) is 2.89. The molecule has 1 atom stereocenters. The average Bonchev–Trinajstić information content (AvgIpc) is 2.25. The van der Waals surface area contributed by atoms with E-state index in [4.69, 9.17) is 11.0 Å². The number of carbonyl (C=O) groups is 1. The maximum Gasteiger partial charge on any atom is 0.236 e. The van der Waals surface area contributed by atoms with Crippen LogP contribution in [0.4, 0.5) is 0 Å². The molecule has 1 unspecified atom stereocenters. The van der Waals surface area contributed by atoms with Crippen molar-refractivity contribution < 1.29 is 4.79 Å². The molecule has 5 nitrogen and oxygen atoms in total. The number of carbonyl (C=O) groups excluding carboxylic acids is 1. The van der Waals surface area contributed by atoms with Gasteiger partial charge in [0.25, 0.3) is 0 Å². The number of hydrogen-bond donors (Lipinski definition) is 1. The van der Waals surface area contributed by atoms with E-state index < -0.39 is 0 Å². The van der Waals surface area contributed by atoms with Crippen LogP contribution in [0.2, 0.25) is 0 Å². The van der Waals surface area contributed by atoms with E-state index in [9.17, 15) is 4.79 Å². The van der Waals surface area contributed by atoms with Gasteiger partial charge in [-0.15, -0.1) is 0 Å². The molecule has 1 aliphatic rings. The van der Waals surface area contributed by atoms with Gasteiger partial charge in [0.05, 0.1) is 19.0 Å². The zero-order valence-electron chi connectivity index (χ0n) is 9.85. The minimum Gasteiger partial charge on any atom is -0.344 e. The standard InChI is InChI=1S/C11H20N4O/c1-14(6-3-5-12)11(16)9-15-7-2-4-10(13)8-15/h10H,2-4,6-9,13H2,1H3. The van der Waals surface area contributed by atoms with E-state index in [-0.39, 0.29) is 11.9 Å². The third kappa shape index (κ3) is 4.17. The first-order valence-electron chi connectivity index (χ1n) is 5.72. The zero-order chi connectivity index (χ0) is 12.0. The number of piperidine rings is 1. The van der Waals surface area contributed by atoms with Crippen LogP contribution in [0, 0.1) is 11.3 Å². The van der Waals surface area contributed by atoms with E-state index >= 15 is 0 Å². The number of rotatable bonds is 4. The van der Waals surface area contributed by atoms with Gasteiger partial charge in [-0.2, -0.15) is 5.26 Å². The molecule has 0 aromatic heterocycles. The van der Waals surface area contributed by atoms with Gasteiger partial charge in [0.2, 0.25) is 5.91 Å². The molecule has 0 radical (unpaired) electrons. The molecule has 1 aliphatic heterocycles. The molecule has 0 spiro atoms. The first-order valence-corrected chi connectivity index (χ1v) is 5.72. The largest absolute Gasteiger partial charge is 0.344 e. The first-order chi connectivity index (χ1) is 7.63. The Kier molecular flexibility index (Phi) is 5.23. The van der Waals surface area contributed by atoms with Gasteiger partial charge in [0.1, 0.15) is 0 Å². The maximum absolute atomic E-state index is 11.8. The minimum absolute atomic E-state index is 0.0735. The van der Waals surface area contributed by atoms with Crippen molar-refractivity contribution in [3.05, 3.63) is 0 Å². The van der Waals surface area contributed by atoms with Crippen LogP contribution in [0.1, 0.15) is 19.3 Å². The Hall–Kier alpha value is -1.12. The summed E-state index contributed by atoms with van der Waals surface area (Å²) in [6, 6.07) is 2.24. The number of nitriles is 1. The van der Waals surface area contributed by atoms with E-state index in [0.717, 1.165) is 25.9 Å². The molecule has 1 heterocycles. The molecule has 1 fully saturated rings. The van der Waals surface area contributed by atoms with E-state index in [0.29, 0.717) is 19.5 Å². The van der Waals surface area contributed by atoms with Gasteiger partial charge < -0.3 is 10.6 Å². The van der Waals surface area contributed by atoms with E-state index in [1.165, 1.54) is 0 Å². The van der Waals surface area contributed by atoms with Crippen molar-refractivity contribution in [3.63, 3.8) is 0 Å². The monoisotopic (exact) mass is 224 g/mol. The van der Waals surface area contributed by atoms with Crippen LogP contribution < -0.4 is 5.73 Å². The second-order valence-electron chi connectivity index (χ2n) is 4.36. The van der Waals surface area contributed by atoms with Crippen LogP contribution >= 0.6 is 0 Å². The van der Waals surface area contributed by atoms with Gasteiger partial charge in [-0.25, -0.2) is 0 Å². The molecular formula is C11H20N4O. The quantitative estimate of drug-likeness (QED) is 0.716. The average molecular weight is 224 g/mol. The Labute approximate surface area is 96.8 Å². The fourth-order valence-corrected chi connectivity index (χ4v) is 1.89. The Morgan fingerprint density at radius 1 is 1.69 bits per heavy atom. The van der Waals surface area contributed by atoms with Crippen molar-refractivity contribution in [2.45, 2.75) is 25.3 Å². The molecule has 1 saturated heterocycles. The number of nitrogens with two attached hydrogens (primary N) is 1. The molecule has 0 bridgehead atoms. The molecular weight excluding hydrogens is 204 g/mol. The molecule has 1 rings (SSSR count). The van der Waals surface area contributed by atoms with Gasteiger partial charge in [0, 0.05) is 26.2 Å². The highest BCUT2D eigenvalue weighted by molar-refractivity contribution is 5.78. The lowest BCUT2D eigenvalue weighted by Crippen LogP contribution is -2.47. The van der Waals surface area contributed by atoms with Crippen LogP contribution in [-0.2, 0) is 4.79 Å². The summed E-state index contributed by atoms with van der Waals surface area (Å²) < 4.78 is 0. The molecule has 0 aliphatic carbocycles. The Bertz CT molecular complexity index is 274. The van der Waals surface area contributed by atoms with Crippen molar-refractivity contribution in [2.75, 3.05) is 33.2 Å². The Morgan fingerprint density at radius 3 is 3.06 bits per heavy atom. The predicted octanol–water partition coefficient (Wildman–Crippen LogP) is -0.218. The molecule has 0 aromatic rings. The van der Waals surface area contributed by atoms with Crippen molar-refractivity contribution in [3.8, 4) is 6.07 Å². The first kappa shape index (κ1) is 12.9. The second kappa shape index (κ2) is 6.46. The Morgan fingerprint density at radius 2 is 2.44 bits per heavy atom. The fourth-order valence-electron chi connectivity index (χ4n) is 1.89. The summed E-state index contributed by atoms with van der Waals surface area (Å²) in [7, 11) is 1.74. The highest BCUT2D eigenvalue weighted by atomic mass is 16.2. The molecule has 0 saturated carbocycles. The molecule has 5 heteroatoms. The fraction of sp³-hybridized carbons (Fsp3) is 0.818. The summed E-state index contributed by atoms with van der Waals surface area (Å²) >= 11 is 0. The van der Waals surface area contributed by atoms with Crippen molar-refractivity contribution in [1.29, 1.82) is 5.26 Å². The SMILES string of the molecule is CN(CCC#N)C(=O)CN1CCCC(N)C1. The smallest absolute Gasteiger partial charge is 0.236 e. The van der Waals surface area contributed by atoms with Crippen LogP contribution in [0.25, 0.3) is 0 Å². The number of nitrogens with zero attached hydrogens (tertiary/aromatic N) is 3. The van der Waals surface area contributed by atoms with E-state index in [2.05, 4.69) is 4.90 Å². The molecule has 2 N–H and O–H groups in total. The van der Waals surface area contributed by atoms with Gasteiger partial charge in [-0.05, 0) is 19.4 Å². The summed E-state index contributed by atoms with van der Waals surface area (Å²) in [6.45, 7) is 2.69. The predicted molar refractivity (Wildman–Crippen MR) is 61.5 cm³/mol. The summed E-state index contributed by atoms with van der Waals surface area (Å²) in [6.07, 6.45) is 2.51. The number of hydrogen-bond acceptors (Lipinski definition) is 4. The van der Waals surface area contributed by atoms with Crippen LogP contribution in [0.3, 0.4) is 0 Å². The van der Waals surface area contributed by atoms with Crippen molar-refractivity contribution in [1.82, 2.24) is 9.80 Å². The van der Waals surface area contributed by atoms with Gasteiger partial charge in [0.15, 0.2) is 0 Å². The normalized spacial score (nSPS) is 21.4. The highest BCUT2D eigenvalue weighted by Crippen LogP contribution is 2.07. The second-order valence-corrected chi connectivity index (χ2v) is 4.36. The zero-order valence-corrected chi connectivity index (χ0v) is 9.85. The molecule has 90 valence electrons. The van der Waals surface area contributed by atoms with Crippen molar-refractivity contribution in [2.24, 2.45) is 5.73 Å². The topological polar surface area (TPSA) is 73.4 Å². The highest BCUT2D eigenvalue weighted by Gasteiger charge is 2.20. The van der Waals surface area contributed by atoms with Crippen LogP contribution in [-0.4, -0.2) is 55.0 Å². The lowest BCUT2D eigenvalue weighted by molar-refractivity contribution is -0.131.